The van der Waals surface area contributed by atoms with Crippen LogP contribution < -0.4 is 5.32 Å². The molecule has 11 rings (SSSR count). The maximum Gasteiger partial charge on any atom is 0.0889 e. The van der Waals surface area contributed by atoms with Gasteiger partial charge in [-0.15, -0.1) is 45.3 Å². The van der Waals surface area contributed by atoms with Crippen LogP contribution in [0.2, 0.25) is 0 Å². The monoisotopic (exact) mass is 825 g/mol. The van der Waals surface area contributed by atoms with Crippen molar-refractivity contribution in [1.82, 2.24) is 9.97 Å². The average Bonchev–Trinajstić information content (AvgIpc) is 4.11. The van der Waals surface area contributed by atoms with Crippen LogP contribution in [0.15, 0.2) is 121 Å². The Hall–Kier alpha value is -5.18. The summed E-state index contributed by atoms with van der Waals surface area (Å²) in [4.78, 5) is 17.0. The Labute approximate surface area is 354 Å². The maximum atomic E-state index is 3.85. The molecule has 0 amide bonds. The molecule has 0 atom stereocenters. The molecule has 0 aliphatic heterocycles. The highest BCUT2D eigenvalue weighted by molar-refractivity contribution is 7.25. The van der Waals surface area contributed by atoms with Crippen molar-refractivity contribution in [3.8, 4) is 40.4 Å². The Morgan fingerprint density at radius 2 is 0.931 bits per heavy atom. The zero-order valence-electron chi connectivity index (χ0n) is 32.6. The van der Waals surface area contributed by atoms with Crippen LogP contribution in [0.5, 0.6) is 0 Å². The molecule has 11 aromatic rings. The van der Waals surface area contributed by atoms with Gasteiger partial charge >= 0.3 is 0 Å². The predicted molar refractivity (Wildman–Crippen MR) is 260 cm³/mol. The minimum Gasteiger partial charge on any atom is -0.377 e. The van der Waals surface area contributed by atoms with Crippen LogP contribution in [0.25, 0.3) is 106 Å². The lowest BCUT2D eigenvalue weighted by atomic mass is 10.0. The van der Waals surface area contributed by atoms with Crippen LogP contribution in [-0.2, 0) is 0 Å². The van der Waals surface area contributed by atoms with E-state index >= 15 is 0 Å². The van der Waals surface area contributed by atoms with Gasteiger partial charge < -0.3 is 15.3 Å². The lowest BCUT2D eigenvalue weighted by Gasteiger charge is -2.04. The maximum absolute atomic E-state index is 3.85. The van der Waals surface area contributed by atoms with Crippen molar-refractivity contribution in [2.45, 2.75) is 52.4 Å². The fraction of sp³-hybridized carbons (Fsp3) is 0.176. The quantitative estimate of drug-likeness (QED) is 0.106. The Kier molecular flexibility index (Phi) is 9.22. The first kappa shape index (κ1) is 35.9. The number of unbranched alkanes of at least 4 members (excludes halogenated alkanes) is 5. The van der Waals surface area contributed by atoms with E-state index in [9.17, 15) is 0 Å². The van der Waals surface area contributed by atoms with E-state index < -0.39 is 0 Å². The normalized spacial score (nSPS) is 12.1. The summed E-state index contributed by atoms with van der Waals surface area (Å²) in [5, 5.41) is 15.0. The number of benzene rings is 5. The van der Waals surface area contributed by atoms with Crippen molar-refractivity contribution in [1.29, 1.82) is 0 Å². The van der Waals surface area contributed by atoms with Gasteiger partial charge in [0.05, 0.1) is 16.0 Å². The van der Waals surface area contributed by atoms with Crippen LogP contribution in [0.3, 0.4) is 0 Å². The van der Waals surface area contributed by atoms with Crippen LogP contribution in [0.4, 0.5) is 5.00 Å². The molecular formula is C51H43N3S4. The molecule has 0 saturated heterocycles. The molecule has 3 nitrogen and oxygen atoms in total. The van der Waals surface area contributed by atoms with E-state index in [4.69, 9.17) is 0 Å². The van der Waals surface area contributed by atoms with E-state index in [1.165, 1.54) is 154 Å². The first-order chi connectivity index (χ1) is 28.6. The number of aromatic nitrogens is 2. The fourth-order valence-electron chi connectivity index (χ4n) is 8.71. The molecule has 58 heavy (non-hydrogen) atoms. The third-order valence-corrected chi connectivity index (χ3v) is 16.4. The molecule has 0 aliphatic rings. The van der Waals surface area contributed by atoms with Crippen LogP contribution >= 0.6 is 45.3 Å². The highest BCUT2D eigenvalue weighted by Gasteiger charge is 2.16. The molecular weight excluding hydrogens is 783 g/mol. The zero-order valence-corrected chi connectivity index (χ0v) is 35.9. The Bertz CT molecular complexity index is 3290. The highest BCUT2D eigenvalue weighted by atomic mass is 32.1. The van der Waals surface area contributed by atoms with Crippen LogP contribution in [0.1, 0.15) is 50.3 Å². The molecule has 0 bridgehead atoms. The van der Waals surface area contributed by atoms with Gasteiger partial charge in [-0.2, -0.15) is 0 Å². The third kappa shape index (κ3) is 6.45. The first-order valence-electron chi connectivity index (χ1n) is 20.5. The second kappa shape index (κ2) is 14.9. The first-order valence-corrected chi connectivity index (χ1v) is 23.8. The smallest absolute Gasteiger partial charge is 0.0889 e. The lowest BCUT2D eigenvalue weighted by molar-refractivity contribution is 0.617. The van der Waals surface area contributed by atoms with Crippen molar-refractivity contribution in [3.63, 3.8) is 0 Å². The number of nitrogens with one attached hydrogen (secondary N) is 3. The van der Waals surface area contributed by atoms with Gasteiger partial charge in [0.2, 0.25) is 0 Å². The predicted octanol–water partition coefficient (Wildman–Crippen LogP) is 17.3. The zero-order chi connectivity index (χ0) is 38.7. The Morgan fingerprint density at radius 1 is 0.431 bits per heavy atom. The topological polar surface area (TPSA) is 43.6 Å². The molecule has 0 fully saturated rings. The standard InChI is InChI=1S/C51H43N3S4/c1-3-4-5-6-7-8-25-52-49-24-23-48(58-49)47-22-20-44(57-47)34-13-15-36-32(27-34)11-17-38-40-29-41-39(28-42(40)54-51(36)38)37-16-10-31-26-33(12-14-35(31)50(37)53-41)43-19-21-46(56-43)45-18-9-30(2)55-45/h9-24,26-29,52-54H,3-8,25H2,1-2H3. The highest BCUT2D eigenvalue weighted by Crippen LogP contribution is 2.43. The van der Waals surface area contributed by atoms with Crippen molar-refractivity contribution >= 4 is 116 Å². The van der Waals surface area contributed by atoms with Crippen molar-refractivity contribution in [3.05, 3.63) is 126 Å². The molecule has 5 aromatic carbocycles. The second-order valence-corrected chi connectivity index (χ2v) is 20.2. The van der Waals surface area contributed by atoms with E-state index in [2.05, 4.69) is 150 Å². The summed E-state index contributed by atoms with van der Waals surface area (Å²) in [6, 6.07) is 45.8. The van der Waals surface area contributed by atoms with E-state index in [0.29, 0.717) is 0 Å². The number of hydrogen-bond acceptors (Lipinski definition) is 5. The number of hydrogen-bond donors (Lipinski definition) is 3. The van der Waals surface area contributed by atoms with Gasteiger partial charge in [-0.1, -0.05) is 87.6 Å². The van der Waals surface area contributed by atoms with E-state index in [0.717, 1.165) is 6.54 Å². The van der Waals surface area contributed by atoms with Gasteiger partial charge in [0, 0.05) is 84.0 Å². The summed E-state index contributed by atoms with van der Waals surface area (Å²) in [6.07, 6.45) is 7.96. The average molecular weight is 826 g/mol. The summed E-state index contributed by atoms with van der Waals surface area (Å²) in [5.41, 5.74) is 7.28. The fourth-order valence-corrected chi connectivity index (χ4v) is 12.7. The molecule has 0 spiro atoms. The molecule has 0 aliphatic carbocycles. The molecule has 7 heteroatoms. The number of thiophene rings is 4. The summed E-state index contributed by atoms with van der Waals surface area (Å²) < 4.78 is 0. The van der Waals surface area contributed by atoms with E-state index in [1.54, 1.807) is 0 Å². The summed E-state index contributed by atoms with van der Waals surface area (Å²) >= 11 is 7.49. The number of rotatable bonds is 12. The number of aryl methyl sites for hydroxylation is 1. The molecule has 0 unspecified atom stereocenters. The van der Waals surface area contributed by atoms with Gasteiger partial charge in [0.15, 0.2) is 0 Å². The number of aromatic amines is 2. The number of anilines is 1. The van der Waals surface area contributed by atoms with Crippen LogP contribution in [-0.4, -0.2) is 16.5 Å². The summed E-state index contributed by atoms with van der Waals surface area (Å²) in [6.45, 7) is 5.51. The molecule has 0 radical (unpaired) electrons. The lowest BCUT2D eigenvalue weighted by Crippen LogP contribution is -1.99. The van der Waals surface area contributed by atoms with Gasteiger partial charge in [-0.3, -0.25) is 0 Å². The summed E-state index contributed by atoms with van der Waals surface area (Å²) in [7, 11) is 0. The molecule has 6 heterocycles. The molecule has 286 valence electrons. The van der Waals surface area contributed by atoms with Gasteiger partial charge in [-0.25, -0.2) is 0 Å². The SMILES string of the molecule is CCCCCCCCNc1ccc(-c2ccc(-c3ccc4c(ccc5c6cc7[nH]c8c9ccc(-c%10ccc(-c%11ccc(C)s%11)s%10)cc9ccc8c7cc6[nH]c45)c3)s2)s1. The number of H-pyrrole nitrogens is 2. The van der Waals surface area contributed by atoms with Crippen molar-refractivity contribution < 1.29 is 0 Å². The molecule has 3 N–H and O–H groups in total. The Balaban J connectivity index is 0.857. The van der Waals surface area contributed by atoms with E-state index in [-0.39, 0.29) is 0 Å². The van der Waals surface area contributed by atoms with Gasteiger partial charge in [0.25, 0.3) is 0 Å². The van der Waals surface area contributed by atoms with Gasteiger partial charge in [-0.05, 0) is 108 Å². The minimum atomic E-state index is 1.06. The van der Waals surface area contributed by atoms with Crippen LogP contribution in [0, 0.1) is 6.92 Å². The second-order valence-electron chi connectivity index (χ2n) is 15.6. The number of fused-ring (bicyclic) bond motifs is 10. The largest absolute Gasteiger partial charge is 0.377 e. The third-order valence-electron chi connectivity index (χ3n) is 11.7. The van der Waals surface area contributed by atoms with Gasteiger partial charge in [0.1, 0.15) is 0 Å². The molecule has 0 saturated carbocycles. The van der Waals surface area contributed by atoms with E-state index in [1.807, 2.05) is 45.3 Å². The minimum absolute atomic E-state index is 1.06. The Morgan fingerprint density at radius 3 is 1.52 bits per heavy atom. The van der Waals surface area contributed by atoms with Crippen molar-refractivity contribution in [2.24, 2.45) is 0 Å². The summed E-state index contributed by atoms with van der Waals surface area (Å²) in [5.74, 6) is 0. The van der Waals surface area contributed by atoms with Crippen molar-refractivity contribution in [2.75, 3.05) is 11.9 Å². The molecule has 6 aromatic heterocycles.